The van der Waals surface area contributed by atoms with Crippen LogP contribution < -0.4 is 10.1 Å². The molecule has 1 N–H and O–H groups in total. The molecular weight excluding hydrogens is 382 g/mol. The van der Waals surface area contributed by atoms with E-state index in [0.717, 1.165) is 17.0 Å². The van der Waals surface area contributed by atoms with E-state index in [1.54, 1.807) is 30.5 Å². The van der Waals surface area contributed by atoms with Crippen molar-refractivity contribution in [3.63, 3.8) is 0 Å². The van der Waals surface area contributed by atoms with Gasteiger partial charge in [-0.1, -0.05) is 29.8 Å². The van der Waals surface area contributed by atoms with Gasteiger partial charge in [0.05, 0.1) is 19.6 Å². The summed E-state index contributed by atoms with van der Waals surface area (Å²) in [6, 6.07) is 14.1. The Morgan fingerprint density at radius 2 is 1.80 bits per heavy atom. The molecule has 7 nitrogen and oxygen atoms in total. The van der Waals surface area contributed by atoms with Gasteiger partial charge >= 0.3 is 5.97 Å². The van der Waals surface area contributed by atoms with Crippen molar-refractivity contribution < 1.29 is 19.1 Å². The number of amides is 1. The summed E-state index contributed by atoms with van der Waals surface area (Å²) in [6.45, 7) is 2.32. The van der Waals surface area contributed by atoms with E-state index >= 15 is 0 Å². The molecule has 3 rings (SSSR count). The largest absolute Gasteiger partial charge is 0.486 e. The van der Waals surface area contributed by atoms with Crippen molar-refractivity contribution in [2.24, 2.45) is 7.05 Å². The van der Waals surface area contributed by atoms with Crippen LogP contribution in [0.1, 0.15) is 39.8 Å². The average molecular weight is 407 g/mol. The number of nitrogens with one attached hydrogen (secondary N) is 1. The van der Waals surface area contributed by atoms with E-state index in [9.17, 15) is 9.59 Å². The van der Waals surface area contributed by atoms with E-state index in [-0.39, 0.29) is 18.3 Å². The number of aryl methyl sites for hydroxylation is 2. The van der Waals surface area contributed by atoms with Gasteiger partial charge in [0.2, 0.25) is 0 Å². The third-order valence-corrected chi connectivity index (χ3v) is 4.79. The molecule has 30 heavy (non-hydrogen) atoms. The Labute approximate surface area is 175 Å². The van der Waals surface area contributed by atoms with Crippen LogP contribution >= 0.6 is 0 Å². The number of benzene rings is 2. The molecular formula is C23H25N3O4. The molecule has 0 spiro atoms. The number of esters is 1. The zero-order valence-corrected chi connectivity index (χ0v) is 17.3. The lowest BCUT2D eigenvalue weighted by Crippen LogP contribution is -2.30. The minimum absolute atomic E-state index is 0.0517. The number of methoxy groups -OCH3 is 1. The molecule has 0 saturated heterocycles. The van der Waals surface area contributed by atoms with Crippen LogP contribution in [0.25, 0.3) is 0 Å². The molecule has 1 aromatic heterocycles. The topological polar surface area (TPSA) is 82.4 Å². The van der Waals surface area contributed by atoms with Gasteiger partial charge in [0.1, 0.15) is 18.2 Å². The van der Waals surface area contributed by atoms with Gasteiger partial charge in [-0.2, -0.15) is 0 Å². The van der Waals surface area contributed by atoms with Crippen LogP contribution in [0.5, 0.6) is 5.75 Å². The van der Waals surface area contributed by atoms with E-state index in [2.05, 4.69) is 10.3 Å². The summed E-state index contributed by atoms with van der Waals surface area (Å²) in [5.74, 6) is 0.777. The molecule has 1 heterocycles. The molecule has 1 amide bonds. The maximum absolute atomic E-state index is 12.7. The van der Waals surface area contributed by atoms with Crippen molar-refractivity contribution in [3.8, 4) is 5.75 Å². The van der Waals surface area contributed by atoms with Gasteiger partial charge in [-0.3, -0.25) is 9.59 Å². The van der Waals surface area contributed by atoms with E-state index in [1.165, 1.54) is 7.11 Å². The number of hydrogen-bond acceptors (Lipinski definition) is 5. The molecule has 0 fully saturated rings. The summed E-state index contributed by atoms with van der Waals surface area (Å²) in [5.41, 5.74) is 2.42. The van der Waals surface area contributed by atoms with Crippen molar-refractivity contribution in [2.45, 2.75) is 26.0 Å². The van der Waals surface area contributed by atoms with E-state index in [1.807, 2.05) is 49.0 Å². The molecule has 2 aromatic carbocycles. The normalized spacial score (nSPS) is 11.6. The van der Waals surface area contributed by atoms with E-state index in [4.69, 9.17) is 9.47 Å². The molecule has 0 saturated carbocycles. The smallest absolute Gasteiger partial charge is 0.307 e. The van der Waals surface area contributed by atoms with Gasteiger partial charge in [-0.25, -0.2) is 4.98 Å². The fraction of sp³-hybridized carbons (Fsp3) is 0.261. The van der Waals surface area contributed by atoms with Gasteiger partial charge in [0.15, 0.2) is 0 Å². The summed E-state index contributed by atoms with van der Waals surface area (Å²) in [6.07, 6.45) is 3.62. The minimum atomic E-state index is -0.482. The number of ether oxygens (including phenoxy) is 2. The molecule has 0 aliphatic rings. The molecule has 0 unspecified atom stereocenters. The lowest BCUT2D eigenvalue weighted by molar-refractivity contribution is -0.141. The van der Waals surface area contributed by atoms with Crippen LogP contribution in [0.4, 0.5) is 0 Å². The Balaban J connectivity index is 1.66. The van der Waals surface area contributed by atoms with Gasteiger partial charge in [-0.15, -0.1) is 0 Å². The second kappa shape index (κ2) is 9.73. The molecule has 0 bridgehead atoms. The van der Waals surface area contributed by atoms with Crippen LogP contribution in [-0.2, 0) is 23.2 Å². The minimum Gasteiger partial charge on any atom is -0.486 e. The number of nitrogens with zero attached hydrogens (tertiary/aromatic N) is 2. The van der Waals surface area contributed by atoms with Crippen molar-refractivity contribution in [1.82, 2.24) is 14.9 Å². The first kappa shape index (κ1) is 21.1. The number of rotatable bonds is 8. The molecule has 7 heteroatoms. The van der Waals surface area contributed by atoms with Crippen LogP contribution in [0.2, 0.25) is 0 Å². The Morgan fingerprint density at radius 3 is 2.40 bits per heavy atom. The molecule has 1 atom stereocenters. The lowest BCUT2D eigenvalue weighted by atomic mass is 10.0. The zero-order chi connectivity index (χ0) is 21.5. The predicted molar refractivity (Wildman–Crippen MR) is 112 cm³/mol. The fourth-order valence-corrected chi connectivity index (χ4v) is 2.93. The Hall–Kier alpha value is -3.61. The van der Waals surface area contributed by atoms with Crippen LogP contribution in [0.15, 0.2) is 60.9 Å². The van der Waals surface area contributed by atoms with Gasteiger partial charge in [-0.05, 0) is 36.8 Å². The first-order valence-electron chi connectivity index (χ1n) is 9.59. The first-order valence-corrected chi connectivity index (χ1v) is 9.59. The monoisotopic (exact) mass is 407 g/mol. The Morgan fingerprint density at radius 1 is 1.10 bits per heavy atom. The first-order chi connectivity index (χ1) is 14.5. The Kier molecular flexibility index (Phi) is 6.85. The third-order valence-electron chi connectivity index (χ3n) is 4.79. The summed E-state index contributed by atoms with van der Waals surface area (Å²) >= 11 is 0. The number of carbonyl (C=O) groups excluding carboxylic acids is 2. The molecule has 156 valence electrons. The molecule has 0 aliphatic heterocycles. The second-order valence-corrected chi connectivity index (χ2v) is 6.98. The number of aromatic nitrogens is 2. The van der Waals surface area contributed by atoms with Gasteiger partial charge < -0.3 is 19.4 Å². The van der Waals surface area contributed by atoms with Crippen LogP contribution in [-0.4, -0.2) is 28.5 Å². The summed E-state index contributed by atoms with van der Waals surface area (Å²) < 4.78 is 12.4. The third kappa shape index (κ3) is 5.47. The molecule has 0 radical (unpaired) electrons. The standard InChI is InChI=1S/C23H25N3O4/c1-16-4-6-17(7-5-16)20(14-22(27)29-3)25-23(28)18-8-10-19(11-9-18)30-15-21-24-12-13-26(21)2/h4-13,20H,14-15H2,1-3H3,(H,25,28)/t20-/m1/s1. The highest BCUT2D eigenvalue weighted by Crippen LogP contribution is 2.20. The summed E-state index contributed by atoms with van der Waals surface area (Å²) in [5, 5.41) is 2.92. The summed E-state index contributed by atoms with van der Waals surface area (Å²) in [7, 11) is 3.23. The maximum Gasteiger partial charge on any atom is 0.307 e. The number of imidazole rings is 1. The molecule has 0 aliphatic carbocycles. The predicted octanol–water partition coefficient (Wildman–Crippen LogP) is 3.34. The second-order valence-electron chi connectivity index (χ2n) is 6.98. The van der Waals surface area contributed by atoms with Crippen molar-refractivity contribution in [3.05, 3.63) is 83.4 Å². The van der Waals surface area contributed by atoms with E-state index < -0.39 is 6.04 Å². The van der Waals surface area contributed by atoms with Crippen molar-refractivity contribution >= 4 is 11.9 Å². The summed E-state index contributed by atoms with van der Waals surface area (Å²) in [4.78, 5) is 28.8. The van der Waals surface area contributed by atoms with Gasteiger partial charge in [0, 0.05) is 25.0 Å². The van der Waals surface area contributed by atoms with Crippen LogP contribution in [0.3, 0.4) is 0 Å². The number of carbonyl (C=O) groups is 2. The Bertz CT molecular complexity index is 994. The van der Waals surface area contributed by atoms with Crippen molar-refractivity contribution in [2.75, 3.05) is 7.11 Å². The lowest BCUT2D eigenvalue weighted by Gasteiger charge is -2.18. The SMILES string of the molecule is COC(=O)C[C@@H](NC(=O)c1ccc(OCc2nccn2C)cc1)c1ccc(C)cc1. The van der Waals surface area contributed by atoms with Crippen molar-refractivity contribution in [1.29, 1.82) is 0 Å². The zero-order valence-electron chi connectivity index (χ0n) is 17.3. The molecule has 3 aromatic rings. The maximum atomic E-state index is 12.7. The average Bonchev–Trinajstić information content (AvgIpc) is 3.17. The van der Waals surface area contributed by atoms with Gasteiger partial charge in [0.25, 0.3) is 5.91 Å². The number of hydrogen-bond donors (Lipinski definition) is 1. The highest BCUT2D eigenvalue weighted by molar-refractivity contribution is 5.94. The van der Waals surface area contributed by atoms with E-state index in [0.29, 0.717) is 17.9 Å². The quantitative estimate of drug-likeness (QED) is 0.579. The van der Waals surface area contributed by atoms with Crippen LogP contribution in [0, 0.1) is 6.92 Å². The highest BCUT2D eigenvalue weighted by atomic mass is 16.5. The fourth-order valence-electron chi connectivity index (χ4n) is 2.93. The highest BCUT2D eigenvalue weighted by Gasteiger charge is 2.20.